The molecular formula is C11H10BrN3O2. The van der Waals surface area contributed by atoms with Gasteiger partial charge in [0.25, 0.3) is 0 Å². The Morgan fingerprint density at radius 1 is 1.47 bits per heavy atom. The third-order valence-electron chi connectivity index (χ3n) is 3.12. The van der Waals surface area contributed by atoms with Gasteiger partial charge in [0.1, 0.15) is 5.41 Å². The van der Waals surface area contributed by atoms with Crippen molar-refractivity contribution >= 4 is 27.5 Å². The largest absolute Gasteiger partial charge is 0.468 e. The summed E-state index contributed by atoms with van der Waals surface area (Å²) in [6, 6.07) is 3.75. The van der Waals surface area contributed by atoms with Crippen LogP contribution in [0.25, 0.3) is 5.65 Å². The fourth-order valence-electron chi connectivity index (χ4n) is 2.03. The number of methoxy groups -OCH3 is 1. The van der Waals surface area contributed by atoms with Gasteiger partial charge in [-0.3, -0.25) is 9.20 Å². The number of esters is 1. The van der Waals surface area contributed by atoms with Crippen molar-refractivity contribution in [2.45, 2.75) is 18.3 Å². The van der Waals surface area contributed by atoms with E-state index in [1.54, 1.807) is 0 Å². The normalized spacial score (nSPS) is 17.1. The van der Waals surface area contributed by atoms with Crippen molar-refractivity contribution in [1.29, 1.82) is 0 Å². The molecule has 1 fully saturated rings. The number of carbonyl (C=O) groups excluding carboxylic acids is 1. The van der Waals surface area contributed by atoms with Gasteiger partial charge in [0.15, 0.2) is 11.5 Å². The lowest BCUT2D eigenvalue weighted by atomic mass is 10.1. The number of halogens is 1. The summed E-state index contributed by atoms with van der Waals surface area (Å²) in [5.41, 5.74) is 0.146. The van der Waals surface area contributed by atoms with Crippen molar-refractivity contribution in [3.8, 4) is 0 Å². The van der Waals surface area contributed by atoms with Crippen LogP contribution in [0.3, 0.4) is 0 Å². The first-order valence-corrected chi connectivity index (χ1v) is 6.06. The van der Waals surface area contributed by atoms with Gasteiger partial charge in [0.05, 0.1) is 7.11 Å². The van der Waals surface area contributed by atoms with Gasteiger partial charge in [-0.15, -0.1) is 10.2 Å². The molecule has 0 saturated heterocycles. The van der Waals surface area contributed by atoms with E-state index in [0.29, 0.717) is 5.82 Å². The first-order valence-electron chi connectivity index (χ1n) is 5.26. The van der Waals surface area contributed by atoms with Gasteiger partial charge in [-0.1, -0.05) is 0 Å². The lowest BCUT2D eigenvalue weighted by Crippen LogP contribution is -2.24. The maximum Gasteiger partial charge on any atom is 0.319 e. The quantitative estimate of drug-likeness (QED) is 0.791. The van der Waals surface area contributed by atoms with Crippen LogP contribution in [-0.2, 0) is 14.9 Å². The molecule has 1 aliphatic carbocycles. The summed E-state index contributed by atoms with van der Waals surface area (Å²) in [4.78, 5) is 11.8. The van der Waals surface area contributed by atoms with Crippen LogP contribution in [0.4, 0.5) is 0 Å². The van der Waals surface area contributed by atoms with Gasteiger partial charge in [-0.2, -0.15) is 0 Å². The molecule has 0 unspecified atom stereocenters. The van der Waals surface area contributed by atoms with E-state index in [2.05, 4.69) is 26.1 Å². The highest BCUT2D eigenvalue weighted by Gasteiger charge is 2.56. The van der Waals surface area contributed by atoms with Gasteiger partial charge in [-0.25, -0.2) is 0 Å². The second kappa shape index (κ2) is 3.53. The van der Waals surface area contributed by atoms with Crippen molar-refractivity contribution in [3.63, 3.8) is 0 Å². The molecule has 0 amide bonds. The number of fused-ring (bicyclic) bond motifs is 1. The summed E-state index contributed by atoms with van der Waals surface area (Å²) in [5.74, 6) is 0.437. The van der Waals surface area contributed by atoms with Crippen LogP contribution < -0.4 is 0 Å². The molecule has 88 valence electrons. The highest BCUT2D eigenvalue weighted by atomic mass is 79.9. The highest BCUT2D eigenvalue weighted by molar-refractivity contribution is 9.10. The van der Waals surface area contributed by atoms with Gasteiger partial charge >= 0.3 is 5.97 Å². The number of pyridine rings is 1. The smallest absolute Gasteiger partial charge is 0.319 e. The Kier molecular flexibility index (Phi) is 2.22. The van der Waals surface area contributed by atoms with Crippen LogP contribution in [0.1, 0.15) is 18.7 Å². The third-order valence-corrected chi connectivity index (χ3v) is 3.59. The number of hydrogen-bond donors (Lipinski definition) is 0. The van der Waals surface area contributed by atoms with Crippen LogP contribution in [-0.4, -0.2) is 27.7 Å². The van der Waals surface area contributed by atoms with E-state index in [1.807, 2.05) is 22.7 Å². The molecule has 0 bridgehead atoms. The fraction of sp³-hybridized carbons (Fsp3) is 0.364. The average molecular weight is 296 g/mol. The van der Waals surface area contributed by atoms with Crippen molar-refractivity contribution in [3.05, 3.63) is 28.6 Å². The minimum absolute atomic E-state index is 0.230. The summed E-state index contributed by atoms with van der Waals surface area (Å²) >= 11 is 3.40. The maximum absolute atomic E-state index is 11.8. The van der Waals surface area contributed by atoms with E-state index < -0.39 is 5.41 Å². The molecule has 0 spiro atoms. The molecule has 2 heterocycles. The maximum atomic E-state index is 11.8. The molecule has 0 aromatic carbocycles. The van der Waals surface area contributed by atoms with Gasteiger partial charge in [0.2, 0.25) is 0 Å². The first kappa shape index (κ1) is 10.7. The van der Waals surface area contributed by atoms with Crippen molar-refractivity contribution in [2.24, 2.45) is 0 Å². The summed E-state index contributed by atoms with van der Waals surface area (Å²) in [6.07, 6.45) is 3.41. The Labute approximate surface area is 106 Å². The second-order valence-electron chi connectivity index (χ2n) is 4.17. The Hall–Kier alpha value is -1.43. The standard InChI is InChI=1S/C11H10BrN3O2/c1-17-10(16)11(4-5-11)9-14-13-8-3-2-7(12)6-15(8)9/h2-3,6H,4-5H2,1H3. The molecule has 1 saturated carbocycles. The van der Waals surface area contributed by atoms with Crippen LogP contribution in [0.2, 0.25) is 0 Å². The summed E-state index contributed by atoms with van der Waals surface area (Å²) in [5, 5.41) is 8.20. The first-order chi connectivity index (χ1) is 8.17. The van der Waals surface area contributed by atoms with Gasteiger partial charge in [0, 0.05) is 10.7 Å². The van der Waals surface area contributed by atoms with Crippen LogP contribution in [0.5, 0.6) is 0 Å². The third kappa shape index (κ3) is 1.47. The lowest BCUT2D eigenvalue weighted by molar-refractivity contribution is -0.143. The average Bonchev–Trinajstić information content (AvgIpc) is 3.03. The topological polar surface area (TPSA) is 56.5 Å². The molecule has 17 heavy (non-hydrogen) atoms. The predicted octanol–water partition coefficient (Wildman–Crippen LogP) is 1.70. The number of aromatic nitrogens is 3. The van der Waals surface area contributed by atoms with E-state index in [0.717, 1.165) is 23.0 Å². The lowest BCUT2D eigenvalue weighted by Gasteiger charge is -2.10. The van der Waals surface area contributed by atoms with E-state index in [-0.39, 0.29) is 5.97 Å². The molecule has 0 atom stereocenters. The number of rotatable bonds is 2. The summed E-state index contributed by atoms with van der Waals surface area (Å²) < 4.78 is 7.61. The van der Waals surface area contributed by atoms with Gasteiger partial charge in [-0.05, 0) is 40.9 Å². The molecular weight excluding hydrogens is 286 g/mol. The number of nitrogens with zero attached hydrogens (tertiary/aromatic N) is 3. The summed E-state index contributed by atoms with van der Waals surface area (Å²) in [7, 11) is 1.40. The van der Waals surface area contributed by atoms with Crippen LogP contribution in [0.15, 0.2) is 22.8 Å². The molecule has 5 nitrogen and oxygen atoms in total. The molecule has 0 N–H and O–H groups in total. The monoisotopic (exact) mass is 295 g/mol. The summed E-state index contributed by atoms with van der Waals surface area (Å²) in [6.45, 7) is 0. The number of ether oxygens (including phenoxy) is 1. The minimum atomic E-state index is -0.588. The molecule has 2 aromatic rings. The van der Waals surface area contributed by atoms with Crippen LogP contribution in [0, 0.1) is 0 Å². The molecule has 6 heteroatoms. The van der Waals surface area contributed by atoms with Crippen molar-refractivity contribution in [1.82, 2.24) is 14.6 Å². The van der Waals surface area contributed by atoms with Crippen molar-refractivity contribution in [2.75, 3.05) is 7.11 Å². The molecule has 2 aromatic heterocycles. The Morgan fingerprint density at radius 2 is 2.24 bits per heavy atom. The fourth-order valence-corrected chi connectivity index (χ4v) is 2.37. The zero-order chi connectivity index (χ0) is 12.0. The SMILES string of the molecule is COC(=O)C1(c2nnc3ccc(Br)cn23)CC1. The molecule has 1 aliphatic rings. The molecule has 0 radical (unpaired) electrons. The van der Waals surface area contributed by atoms with E-state index in [4.69, 9.17) is 4.74 Å². The zero-order valence-electron chi connectivity index (χ0n) is 9.18. The highest BCUT2D eigenvalue weighted by Crippen LogP contribution is 2.48. The van der Waals surface area contributed by atoms with Gasteiger partial charge < -0.3 is 4.74 Å². The Balaban J connectivity index is 2.18. The van der Waals surface area contributed by atoms with Crippen LogP contribution >= 0.6 is 15.9 Å². The van der Waals surface area contributed by atoms with Crippen molar-refractivity contribution < 1.29 is 9.53 Å². The Morgan fingerprint density at radius 3 is 2.88 bits per heavy atom. The second-order valence-corrected chi connectivity index (χ2v) is 5.09. The minimum Gasteiger partial charge on any atom is -0.468 e. The number of hydrogen-bond acceptors (Lipinski definition) is 4. The van der Waals surface area contributed by atoms with E-state index in [1.165, 1.54) is 7.11 Å². The predicted molar refractivity (Wildman–Crippen MR) is 63.6 cm³/mol. The van der Waals surface area contributed by atoms with E-state index >= 15 is 0 Å². The zero-order valence-corrected chi connectivity index (χ0v) is 10.8. The molecule has 0 aliphatic heterocycles. The Bertz CT molecular complexity index is 604. The molecule has 3 rings (SSSR count). The number of carbonyl (C=O) groups is 1. The van der Waals surface area contributed by atoms with E-state index in [9.17, 15) is 4.79 Å².